The van der Waals surface area contributed by atoms with Crippen LogP contribution in [0.25, 0.3) is 11.6 Å². The Labute approximate surface area is 140 Å². The number of halogens is 3. The summed E-state index contributed by atoms with van der Waals surface area (Å²) >= 11 is 0. The van der Waals surface area contributed by atoms with Crippen LogP contribution in [-0.2, 0) is 19.1 Å². The second kappa shape index (κ2) is 5.98. The zero-order chi connectivity index (χ0) is 17.4. The zero-order valence-corrected chi connectivity index (χ0v) is 13.1. The molecule has 3 aromatic rings. The lowest BCUT2D eigenvalue weighted by atomic mass is 10.2. The van der Waals surface area contributed by atoms with E-state index in [4.69, 9.17) is 4.42 Å². The van der Waals surface area contributed by atoms with E-state index in [1.807, 2.05) is 0 Å². The topological polar surface area (TPSA) is 69.6 Å². The third-order valence-corrected chi connectivity index (χ3v) is 3.99. The number of pyridine rings is 1. The Morgan fingerprint density at radius 1 is 1.20 bits per heavy atom. The standard InChI is InChI=1S/C16H14F3N5O/c17-16(18,19)13-9-12(10-4-5-10)24(23-13)8-6-14-21-22-15(25-14)11-3-1-2-7-20-11/h1-3,7,9-10H,4-6,8H2. The lowest BCUT2D eigenvalue weighted by Crippen LogP contribution is -2.10. The Morgan fingerprint density at radius 2 is 2.04 bits per heavy atom. The van der Waals surface area contributed by atoms with Gasteiger partial charge in [-0.25, -0.2) is 0 Å². The number of aromatic nitrogens is 5. The molecule has 0 aliphatic heterocycles. The fourth-order valence-electron chi connectivity index (χ4n) is 2.61. The predicted octanol–water partition coefficient (Wildman–Crippen LogP) is 3.47. The summed E-state index contributed by atoms with van der Waals surface area (Å²) in [5.41, 5.74) is 0.323. The number of hydrogen-bond acceptors (Lipinski definition) is 5. The summed E-state index contributed by atoms with van der Waals surface area (Å²) in [7, 11) is 0. The van der Waals surface area contributed by atoms with Gasteiger partial charge in [-0.05, 0) is 31.0 Å². The van der Waals surface area contributed by atoms with Crippen LogP contribution in [0.1, 0.15) is 36.0 Å². The third kappa shape index (κ3) is 3.40. The van der Waals surface area contributed by atoms with Gasteiger partial charge in [0.25, 0.3) is 5.89 Å². The van der Waals surface area contributed by atoms with E-state index in [0.717, 1.165) is 18.9 Å². The summed E-state index contributed by atoms with van der Waals surface area (Å²) in [6.07, 6.45) is -0.728. The molecule has 1 aliphatic rings. The average Bonchev–Trinajstić information content (AvgIpc) is 3.16. The Morgan fingerprint density at radius 3 is 2.72 bits per heavy atom. The van der Waals surface area contributed by atoms with Gasteiger partial charge in [-0.3, -0.25) is 9.67 Å². The van der Waals surface area contributed by atoms with Gasteiger partial charge in [-0.2, -0.15) is 18.3 Å². The molecule has 0 amide bonds. The second-order valence-corrected chi connectivity index (χ2v) is 5.92. The molecule has 1 fully saturated rings. The summed E-state index contributed by atoms with van der Waals surface area (Å²) in [6, 6.07) is 6.46. The van der Waals surface area contributed by atoms with Crippen molar-refractivity contribution in [1.82, 2.24) is 25.0 Å². The highest BCUT2D eigenvalue weighted by molar-refractivity contribution is 5.44. The summed E-state index contributed by atoms with van der Waals surface area (Å²) in [6.45, 7) is 0.256. The summed E-state index contributed by atoms with van der Waals surface area (Å²) in [5.74, 6) is 0.788. The highest BCUT2D eigenvalue weighted by atomic mass is 19.4. The number of hydrogen-bond donors (Lipinski definition) is 0. The van der Waals surface area contributed by atoms with Crippen LogP contribution in [0.2, 0.25) is 0 Å². The van der Waals surface area contributed by atoms with Crippen molar-refractivity contribution in [3.8, 4) is 11.6 Å². The molecule has 0 radical (unpaired) electrons. The van der Waals surface area contributed by atoms with Crippen LogP contribution in [0, 0.1) is 0 Å². The normalized spacial score (nSPS) is 14.8. The first-order valence-corrected chi connectivity index (χ1v) is 7.89. The van der Waals surface area contributed by atoms with Crippen molar-refractivity contribution in [2.45, 2.75) is 37.9 Å². The highest BCUT2D eigenvalue weighted by Gasteiger charge is 2.37. The largest absolute Gasteiger partial charge is 0.435 e. The molecule has 0 N–H and O–H groups in total. The molecule has 0 unspecified atom stereocenters. The minimum absolute atomic E-state index is 0.162. The second-order valence-electron chi connectivity index (χ2n) is 5.92. The fourth-order valence-corrected chi connectivity index (χ4v) is 2.61. The van der Waals surface area contributed by atoms with Gasteiger partial charge in [0, 0.05) is 30.8 Å². The van der Waals surface area contributed by atoms with Crippen LogP contribution in [-0.4, -0.2) is 25.0 Å². The summed E-state index contributed by atoms with van der Waals surface area (Å²) in [4.78, 5) is 4.12. The molecule has 1 saturated carbocycles. The number of nitrogens with zero attached hydrogens (tertiary/aromatic N) is 5. The molecule has 0 aromatic carbocycles. The highest BCUT2D eigenvalue weighted by Crippen LogP contribution is 2.42. The monoisotopic (exact) mass is 349 g/mol. The van der Waals surface area contributed by atoms with Crippen LogP contribution in [0.3, 0.4) is 0 Å². The maximum Gasteiger partial charge on any atom is 0.435 e. The minimum atomic E-state index is -4.44. The van der Waals surface area contributed by atoms with E-state index in [1.54, 1.807) is 24.4 Å². The van der Waals surface area contributed by atoms with Gasteiger partial charge in [0.1, 0.15) is 5.69 Å². The molecule has 3 heterocycles. The van der Waals surface area contributed by atoms with Gasteiger partial charge in [-0.15, -0.1) is 10.2 Å². The van der Waals surface area contributed by atoms with Crippen molar-refractivity contribution < 1.29 is 17.6 Å². The number of alkyl halides is 3. The Hall–Kier alpha value is -2.71. The molecular formula is C16H14F3N5O. The van der Waals surface area contributed by atoms with Crippen molar-refractivity contribution in [1.29, 1.82) is 0 Å². The van der Waals surface area contributed by atoms with E-state index >= 15 is 0 Å². The van der Waals surface area contributed by atoms with Gasteiger partial charge in [0.2, 0.25) is 5.89 Å². The van der Waals surface area contributed by atoms with E-state index in [-0.39, 0.29) is 18.4 Å². The van der Waals surface area contributed by atoms with Crippen molar-refractivity contribution >= 4 is 0 Å². The van der Waals surface area contributed by atoms with Gasteiger partial charge in [-0.1, -0.05) is 6.07 Å². The van der Waals surface area contributed by atoms with E-state index in [0.29, 0.717) is 23.7 Å². The SMILES string of the molecule is FC(F)(F)c1cc(C2CC2)n(CCc2nnc(-c3ccccn3)o2)n1. The number of aryl methyl sites for hydroxylation is 2. The quantitative estimate of drug-likeness (QED) is 0.705. The van der Waals surface area contributed by atoms with Crippen LogP contribution in [0.4, 0.5) is 13.2 Å². The van der Waals surface area contributed by atoms with Gasteiger partial charge in [0.15, 0.2) is 5.69 Å². The molecule has 4 rings (SSSR count). The molecule has 6 nitrogen and oxygen atoms in total. The Bertz CT molecular complexity index is 868. The van der Waals surface area contributed by atoms with E-state index < -0.39 is 11.9 Å². The maximum atomic E-state index is 12.9. The third-order valence-electron chi connectivity index (χ3n) is 3.99. The van der Waals surface area contributed by atoms with E-state index in [9.17, 15) is 13.2 Å². The molecule has 0 atom stereocenters. The Balaban J connectivity index is 1.50. The molecule has 1 aliphatic carbocycles. The molecule has 130 valence electrons. The van der Waals surface area contributed by atoms with Crippen molar-refractivity contribution in [2.24, 2.45) is 0 Å². The molecule has 3 aromatic heterocycles. The maximum absolute atomic E-state index is 12.9. The van der Waals surface area contributed by atoms with Crippen molar-refractivity contribution in [3.05, 3.63) is 47.7 Å². The van der Waals surface area contributed by atoms with Gasteiger partial charge < -0.3 is 4.42 Å². The molecule has 0 saturated heterocycles. The molecule has 0 bridgehead atoms. The lowest BCUT2D eigenvalue weighted by molar-refractivity contribution is -0.141. The molecule has 9 heteroatoms. The minimum Gasteiger partial charge on any atom is -0.419 e. The average molecular weight is 349 g/mol. The molecule has 0 spiro atoms. The van der Waals surface area contributed by atoms with Crippen LogP contribution >= 0.6 is 0 Å². The van der Waals surface area contributed by atoms with E-state index in [1.165, 1.54) is 4.68 Å². The smallest absolute Gasteiger partial charge is 0.419 e. The summed E-state index contributed by atoms with van der Waals surface area (Å²) < 4.78 is 45.6. The van der Waals surface area contributed by atoms with E-state index in [2.05, 4.69) is 20.3 Å². The van der Waals surface area contributed by atoms with Crippen molar-refractivity contribution in [2.75, 3.05) is 0 Å². The fraction of sp³-hybridized carbons (Fsp3) is 0.375. The van der Waals surface area contributed by atoms with Crippen LogP contribution in [0.15, 0.2) is 34.9 Å². The first kappa shape index (κ1) is 15.8. The summed E-state index contributed by atoms with van der Waals surface area (Å²) in [5, 5.41) is 11.6. The van der Waals surface area contributed by atoms with Crippen LogP contribution in [0.5, 0.6) is 0 Å². The first-order valence-electron chi connectivity index (χ1n) is 7.89. The molecule has 25 heavy (non-hydrogen) atoms. The number of rotatable bonds is 5. The molecular weight excluding hydrogens is 335 g/mol. The lowest BCUT2D eigenvalue weighted by Gasteiger charge is -2.04. The van der Waals surface area contributed by atoms with Crippen LogP contribution < -0.4 is 0 Å². The Kier molecular flexibility index (Phi) is 3.78. The van der Waals surface area contributed by atoms with Gasteiger partial charge >= 0.3 is 6.18 Å². The first-order chi connectivity index (χ1) is 12.0. The van der Waals surface area contributed by atoms with Gasteiger partial charge in [0.05, 0.1) is 0 Å². The predicted molar refractivity (Wildman–Crippen MR) is 80.4 cm³/mol. The van der Waals surface area contributed by atoms with Crippen molar-refractivity contribution in [3.63, 3.8) is 0 Å². The zero-order valence-electron chi connectivity index (χ0n) is 13.1.